The molecule has 0 aromatic heterocycles. The minimum atomic E-state index is 0.129. The SMILES string of the molecule is COc1ccc(C(C)(C)CNCCNC(C)C)cc1. The van der Waals surface area contributed by atoms with Gasteiger partial charge in [0.15, 0.2) is 0 Å². The topological polar surface area (TPSA) is 33.3 Å². The smallest absolute Gasteiger partial charge is 0.118 e. The van der Waals surface area contributed by atoms with Gasteiger partial charge >= 0.3 is 0 Å². The van der Waals surface area contributed by atoms with Crippen molar-refractivity contribution in [1.82, 2.24) is 10.6 Å². The number of rotatable bonds is 8. The third kappa shape index (κ3) is 5.62. The highest BCUT2D eigenvalue weighted by Gasteiger charge is 2.19. The van der Waals surface area contributed by atoms with E-state index in [2.05, 4.69) is 50.5 Å². The predicted molar refractivity (Wildman–Crippen MR) is 82.0 cm³/mol. The highest BCUT2D eigenvalue weighted by Crippen LogP contribution is 2.24. The molecule has 1 aromatic carbocycles. The Morgan fingerprint density at radius 3 is 2.26 bits per heavy atom. The van der Waals surface area contributed by atoms with Gasteiger partial charge in [-0.25, -0.2) is 0 Å². The molecule has 19 heavy (non-hydrogen) atoms. The van der Waals surface area contributed by atoms with Crippen LogP contribution in [-0.4, -0.2) is 32.8 Å². The van der Waals surface area contributed by atoms with Gasteiger partial charge in [-0.1, -0.05) is 39.8 Å². The fraction of sp³-hybridized carbons (Fsp3) is 0.625. The molecule has 0 radical (unpaired) electrons. The summed E-state index contributed by atoms with van der Waals surface area (Å²) in [7, 11) is 1.70. The van der Waals surface area contributed by atoms with Crippen LogP contribution in [-0.2, 0) is 5.41 Å². The van der Waals surface area contributed by atoms with Crippen LogP contribution in [0.1, 0.15) is 33.3 Å². The molecule has 0 heterocycles. The third-order valence-electron chi connectivity index (χ3n) is 3.29. The lowest BCUT2D eigenvalue weighted by Gasteiger charge is -2.26. The third-order valence-corrected chi connectivity index (χ3v) is 3.29. The molecule has 2 N–H and O–H groups in total. The van der Waals surface area contributed by atoms with Crippen molar-refractivity contribution in [3.05, 3.63) is 29.8 Å². The fourth-order valence-corrected chi connectivity index (χ4v) is 1.99. The number of hydrogen-bond acceptors (Lipinski definition) is 3. The van der Waals surface area contributed by atoms with Gasteiger partial charge in [0.25, 0.3) is 0 Å². The highest BCUT2D eigenvalue weighted by atomic mass is 16.5. The molecular weight excluding hydrogens is 236 g/mol. The molecule has 0 fully saturated rings. The second kappa shape index (κ2) is 7.51. The monoisotopic (exact) mass is 264 g/mol. The molecule has 0 atom stereocenters. The Morgan fingerprint density at radius 1 is 1.11 bits per heavy atom. The van der Waals surface area contributed by atoms with Crippen LogP contribution >= 0.6 is 0 Å². The van der Waals surface area contributed by atoms with E-state index >= 15 is 0 Å². The number of nitrogens with one attached hydrogen (secondary N) is 2. The Kier molecular flexibility index (Phi) is 6.32. The molecule has 108 valence electrons. The molecule has 0 amide bonds. The summed E-state index contributed by atoms with van der Waals surface area (Å²) >= 11 is 0. The predicted octanol–water partition coefficient (Wildman–Crippen LogP) is 2.56. The van der Waals surface area contributed by atoms with E-state index in [1.807, 2.05) is 12.1 Å². The molecule has 0 spiro atoms. The molecule has 0 bridgehead atoms. The van der Waals surface area contributed by atoms with Crippen molar-refractivity contribution in [3.63, 3.8) is 0 Å². The molecule has 0 aliphatic carbocycles. The molecule has 0 unspecified atom stereocenters. The number of hydrogen-bond donors (Lipinski definition) is 2. The first kappa shape index (κ1) is 16.0. The van der Waals surface area contributed by atoms with Crippen LogP contribution in [0, 0.1) is 0 Å². The lowest BCUT2D eigenvalue weighted by molar-refractivity contribution is 0.413. The van der Waals surface area contributed by atoms with Crippen LogP contribution in [0.3, 0.4) is 0 Å². The molecule has 0 aliphatic heterocycles. The van der Waals surface area contributed by atoms with E-state index in [-0.39, 0.29) is 5.41 Å². The van der Waals surface area contributed by atoms with Crippen molar-refractivity contribution >= 4 is 0 Å². The summed E-state index contributed by atoms with van der Waals surface area (Å²) < 4.78 is 5.19. The average molecular weight is 264 g/mol. The van der Waals surface area contributed by atoms with Gasteiger partial charge in [0.1, 0.15) is 5.75 Å². The summed E-state index contributed by atoms with van der Waals surface area (Å²) in [6.45, 7) is 11.8. The van der Waals surface area contributed by atoms with E-state index < -0.39 is 0 Å². The summed E-state index contributed by atoms with van der Waals surface area (Å²) in [6, 6.07) is 8.89. The first-order valence-electron chi connectivity index (χ1n) is 7.04. The zero-order chi connectivity index (χ0) is 14.3. The fourth-order valence-electron chi connectivity index (χ4n) is 1.99. The Hall–Kier alpha value is -1.06. The maximum Gasteiger partial charge on any atom is 0.118 e. The lowest BCUT2D eigenvalue weighted by atomic mass is 9.84. The van der Waals surface area contributed by atoms with Crippen LogP contribution in [0.25, 0.3) is 0 Å². The van der Waals surface area contributed by atoms with E-state index in [0.717, 1.165) is 25.4 Å². The summed E-state index contributed by atoms with van der Waals surface area (Å²) in [4.78, 5) is 0. The summed E-state index contributed by atoms with van der Waals surface area (Å²) in [5.74, 6) is 0.911. The van der Waals surface area contributed by atoms with Gasteiger partial charge in [-0.15, -0.1) is 0 Å². The zero-order valence-electron chi connectivity index (χ0n) is 12.9. The lowest BCUT2D eigenvalue weighted by Crippen LogP contribution is -2.38. The Balaban J connectivity index is 2.41. The van der Waals surface area contributed by atoms with Gasteiger partial charge in [0, 0.05) is 31.1 Å². The average Bonchev–Trinajstić information content (AvgIpc) is 2.38. The van der Waals surface area contributed by atoms with Gasteiger partial charge < -0.3 is 15.4 Å². The van der Waals surface area contributed by atoms with Gasteiger partial charge in [-0.2, -0.15) is 0 Å². The standard InChI is InChI=1S/C16H28N2O/c1-13(2)18-11-10-17-12-16(3,4)14-6-8-15(19-5)9-7-14/h6-9,13,17-18H,10-12H2,1-5H3. The Labute approximate surface area is 117 Å². The van der Waals surface area contributed by atoms with Crippen LogP contribution in [0.5, 0.6) is 5.75 Å². The van der Waals surface area contributed by atoms with Gasteiger partial charge in [-0.05, 0) is 17.7 Å². The first-order valence-corrected chi connectivity index (χ1v) is 7.04. The maximum absolute atomic E-state index is 5.19. The second-order valence-corrected chi connectivity index (χ2v) is 5.90. The minimum absolute atomic E-state index is 0.129. The number of methoxy groups -OCH3 is 1. The largest absolute Gasteiger partial charge is 0.497 e. The first-order chi connectivity index (χ1) is 8.95. The van der Waals surface area contributed by atoms with Crippen LogP contribution in [0.4, 0.5) is 0 Å². The summed E-state index contributed by atoms with van der Waals surface area (Å²) in [5.41, 5.74) is 1.46. The van der Waals surface area contributed by atoms with E-state index in [0.29, 0.717) is 6.04 Å². The molecule has 1 aromatic rings. The number of benzene rings is 1. The van der Waals surface area contributed by atoms with Crippen LogP contribution < -0.4 is 15.4 Å². The molecule has 0 saturated heterocycles. The summed E-state index contributed by atoms with van der Waals surface area (Å²) in [5, 5.41) is 6.92. The Morgan fingerprint density at radius 2 is 1.74 bits per heavy atom. The van der Waals surface area contributed by atoms with Gasteiger partial charge in [0.05, 0.1) is 7.11 Å². The molecule has 0 saturated carbocycles. The van der Waals surface area contributed by atoms with Crippen molar-refractivity contribution in [1.29, 1.82) is 0 Å². The normalized spacial score (nSPS) is 11.9. The van der Waals surface area contributed by atoms with Gasteiger partial charge in [-0.3, -0.25) is 0 Å². The zero-order valence-corrected chi connectivity index (χ0v) is 12.9. The van der Waals surface area contributed by atoms with E-state index in [1.54, 1.807) is 7.11 Å². The molecule has 3 heteroatoms. The molecule has 3 nitrogen and oxygen atoms in total. The Bertz CT molecular complexity index is 358. The van der Waals surface area contributed by atoms with Crippen molar-refractivity contribution < 1.29 is 4.74 Å². The summed E-state index contributed by atoms with van der Waals surface area (Å²) in [6.07, 6.45) is 0. The maximum atomic E-state index is 5.19. The molecular formula is C16H28N2O. The quantitative estimate of drug-likeness (QED) is 0.708. The van der Waals surface area contributed by atoms with E-state index in [1.165, 1.54) is 5.56 Å². The minimum Gasteiger partial charge on any atom is -0.497 e. The van der Waals surface area contributed by atoms with E-state index in [4.69, 9.17) is 4.74 Å². The second-order valence-electron chi connectivity index (χ2n) is 5.90. The van der Waals surface area contributed by atoms with Crippen molar-refractivity contribution in [2.24, 2.45) is 0 Å². The number of ether oxygens (including phenoxy) is 1. The van der Waals surface area contributed by atoms with E-state index in [9.17, 15) is 0 Å². The highest BCUT2D eigenvalue weighted by molar-refractivity contribution is 5.31. The van der Waals surface area contributed by atoms with Crippen molar-refractivity contribution in [2.75, 3.05) is 26.7 Å². The molecule has 0 aliphatic rings. The molecule has 1 rings (SSSR count). The van der Waals surface area contributed by atoms with Crippen molar-refractivity contribution in [3.8, 4) is 5.75 Å². The van der Waals surface area contributed by atoms with Crippen LogP contribution in [0.15, 0.2) is 24.3 Å². The van der Waals surface area contributed by atoms with Crippen LogP contribution in [0.2, 0.25) is 0 Å². The van der Waals surface area contributed by atoms with Gasteiger partial charge in [0.2, 0.25) is 0 Å². The van der Waals surface area contributed by atoms with Crippen molar-refractivity contribution in [2.45, 2.75) is 39.2 Å².